The highest BCUT2D eigenvalue weighted by Gasteiger charge is 2.30. The molecule has 26 heavy (non-hydrogen) atoms. The normalized spacial score (nSPS) is 16.5. The third-order valence-electron chi connectivity index (χ3n) is 4.62. The highest BCUT2D eigenvalue weighted by molar-refractivity contribution is 5.95. The van der Waals surface area contributed by atoms with E-state index in [-0.39, 0.29) is 5.91 Å². The van der Waals surface area contributed by atoms with Gasteiger partial charge >= 0.3 is 6.18 Å². The number of hydrogen-bond acceptors (Lipinski definition) is 3. The Kier molecular flexibility index (Phi) is 5.31. The summed E-state index contributed by atoms with van der Waals surface area (Å²) in [6.45, 7) is 5.12. The quantitative estimate of drug-likeness (QED) is 0.908. The topological polar surface area (TPSA) is 52.2 Å². The lowest BCUT2D eigenvalue weighted by molar-refractivity contribution is -0.137. The summed E-state index contributed by atoms with van der Waals surface area (Å²) in [6, 6.07) is 5.27. The monoisotopic (exact) mass is 366 g/mol. The van der Waals surface area contributed by atoms with Gasteiger partial charge in [0.15, 0.2) is 0 Å². The Hall–Kier alpha value is -2.35. The predicted molar refractivity (Wildman–Crippen MR) is 90.6 cm³/mol. The number of benzene rings is 1. The minimum Gasteiger partial charge on any atom is -0.337 e. The maximum absolute atomic E-state index is 12.6. The Labute approximate surface area is 149 Å². The van der Waals surface area contributed by atoms with E-state index in [0.717, 1.165) is 36.4 Å². The Morgan fingerprint density at radius 3 is 2.50 bits per heavy atom. The molecule has 1 aromatic heterocycles. The molecule has 8 heteroatoms. The van der Waals surface area contributed by atoms with Crippen LogP contribution in [0.2, 0.25) is 0 Å². The van der Waals surface area contributed by atoms with Crippen LogP contribution in [-0.2, 0) is 12.7 Å². The minimum absolute atomic E-state index is 0.0346. The summed E-state index contributed by atoms with van der Waals surface area (Å²) in [7, 11) is 0. The van der Waals surface area contributed by atoms with E-state index in [2.05, 4.69) is 15.1 Å². The first-order valence-electron chi connectivity index (χ1n) is 8.52. The van der Waals surface area contributed by atoms with E-state index in [0.29, 0.717) is 31.7 Å². The van der Waals surface area contributed by atoms with Gasteiger partial charge < -0.3 is 4.90 Å². The molecule has 2 aromatic rings. The molecule has 0 aliphatic carbocycles. The van der Waals surface area contributed by atoms with Crippen molar-refractivity contribution in [1.29, 1.82) is 0 Å². The van der Waals surface area contributed by atoms with Gasteiger partial charge in [-0.05, 0) is 31.0 Å². The van der Waals surface area contributed by atoms with E-state index >= 15 is 0 Å². The molecular formula is C18H21F3N4O. The summed E-state index contributed by atoms with van der Waals surface area (Å²) >= 11 is 0. The van der Waals surface area contributed by atoms with Crippen LogP contribution in [0.15, 0.2) is 30.5 Å². The summed E-state index contributed by atoms with van der Waals surface area (Å²) < 4.78 is 37.9. The fraction of sp³-hybridized carbons (Fsp3) is 0.444. The highest BCUT2D eigenvalue weighted by atomic mass is 19.4. The number of H-pyrrole nitrogens is 1. The maximum Gasteiger partial charge on any atom is 0.416 e. The molecule has 0 saturated carbocycles. The third kappa shape index (κ3) is 4.24. The van der Waals surface area contributed by atoms with Crippen molar-refractivity contribution in [2.45, 2.75) is 26.1 Å². The van der Waals surface area contributed by atoms with Crippen LogP contribution >= 0.6 is 0 Å². The van der Waals surface area contributed by atoms with Gasteiger partial charge in [0.1, 0.15) is 0 Å². The van der Waals surface area contributed by atoms with Crippen LogP contribution in [0.25, 0.3) is 0 Å². The molecule has 1 aliphatic rings. The van der Waals surface area contributed by atoms with Crippen LogP contribution in [0.1, 0.15) is 33.6 Å². The fourth-order valence-corrected chi connectivity index (χ4v) is 3.13. The second-order valence-electron chi connectivity index (χ2n) is 6.53. The molecule has 2 heterocycles. The van der Waals surface area contributed by atoms with E-state index in [1.54, 1.807) is 6.20 Å². The minimum atomic E-state index is -4.31. The van der Waals surface area contributed by atoms with Crippen molar-refractivity contribution in [2.24, 2.45) is 0 Å². The molecule has 1 fully saturated rings. The first-order valence-corrected chi connectivity index (χ1v) is 8.52. The number of nitrogens with zero attached hydrogens (tertiary/aromatic N) is 3. The molecule has 1 aromatic carbocycles. The zero-order valence-electron chi connectivity index (χ0n) is 14.5. The van der Waals surface area contributed by atoms with E-state index in [4.69, 9.17) is 0 Å². The van der Waals surface area contributed by atoms with Gasteiger partial charge in [-0.15, -0.1) is 0 Å². The number of hydrogen-bond donors (Lipinski definition) is 1. The second kappa shape index (κ2) is 7.49. The van der Waals surface area contributed by atoms with E-state index in [1.807, 2.05) is 11.8 Å². The van der Waals surface area contributed by atoms with Gasteiger partial charge in [-0.3, -0.25) is 14.8 Å². The Morgan fingerprint density at radius 1 is 1.15 bits per heavy atom. The number of aromatic amines is 1. The molecule has 1 saturated heterocycles. The first kappa shape index (κ1) is 18.4. The molecule has 0 bridgehead atoms. The number of rotatable bonds is 3. The number of carbonyl (C=O) groups excluding carboxylic acids is 1. The van der Waals surface area contributed by atoms with Crippen LogP contribution in [0.4, 0.5) is 13.2 Å². The Balaban J connectivity index is 1.59. The van der Waals surface area contributed by atoms with Crippen LogP contribution in [0.5, 0.6) is 0 Å². The lowest BCUT2D eigenvalue weighted by atomic mass is 10.1. The lowest BCUT2D eigenvalue weighted by Gasteiger charge is -2.22. The average molecular weight is 366 g/mol. The van der Waals surface area contributed by atoms with Gasteiger partial charge in [0.25, 0.3) is 5.91 Å². The summed E-state index contributed by atoms with van der Waals surface area (Å²) in [5, 5.41) is 6.67. The maximum atomic E-state index is 12.6. The molecule has 1 aliphatic heterocycles. The summed E-state index contributed by atoms with van der Waals surface area (Å²) in [6.07, 6.45) is -1.95. The third-order valence-corrected chi connectivity index (χ3v) is 4.62. The van der Waals surface area contributed by atoms with E-state index in [9.17, 15) is 18.0 Å². The first-order chi connectivity index (χ1) is 12.3. The van der Waals surface area contributed by atoms with E-state index in [1.165, 1.54) is 12.1 Å². The SMILES string of the molecule is Cc1[nH]ncc1C(=O)N1CCCN(Cc2ccc(C(F)(F)F)cc2)CC1. The summed E-state index contributed by atoms with van der Waals surface area (Å²) in [5.41, 5.74) is 1.54. The van der Waals surface area contributed by atoms with Gasteiger partial charge in [0, 0.05) is 38.4 Å². The van der Waals surface area contributed by atoms with Crippen molar-refractivity contribution < 1.29 is 18.0 Å². The van der Waals surface area contributed by atoms with Crippen molar-refractivity contribution >= 4 is 5.91 Å². The largest absolute Gasteiger partial charge is 0.416 e. The van der Waals surface area contributed by atoms with Gasteiger partial charge in [0.05, 0.1) is 17.3 Å². The van der Waals surface area contributed by atoms with Crippen LogP contribution in [0.3, 0.4) is 0 Å². The Bertz CT molecular complexity index is 755. The number of nitrogens with one attached hydrogen (secondary N) is 1. The highest BCUT2D eigenvalue weighted by Crippen LogP contribution is 2.29. The predicted octanol–water partition coefficient (Wildman–Crippen LogP) is 3.09. The molecule has 1 N–H and O–H groups in total. The summed E-state index contributed by atoms with van der Waals surface area (Å²) in [5.74, 6) is -0.0346. The van der Waals surface area contributed by atoms with Crippen molar-refractivity contribution in [3.05, 3.63) is 52.8 Å². The van der Waals surface area contributed by atoms with Crippen molar-refractivity contribution in [3.63, 3.8) is 0 Å². The second-order valence-corrected chi connectivity index (χ2v) is 6.53. The van der Waals surface area contributed by atoms with Gasteiger partial charge in [-0.1, -0.05) is 12.1 Å². The molecule has 1 amide bonds. The smallest absolute Gasteiger partial charge is 0.337 e. The zero-order valence-corrected chi connectivity index (χ0v) is 14.5. The Morgan fingerprint density at radius 2 is 1.88 bits per heavy atom. The number of amides is 1. The molecule has 0 atom stereocenters. The molecule has 3 rings (SSSR count). The number of halogens is 3. The standard InChI is InChI=1S/C18H21F3N4O/c1-13-16(11-22-23-13)17(26)25-8-2-7-24(9-10-25)12-14-3-5-15(6-4-14)18(19,20)21/h3-6,11H,2,7-10,12H2,1H3,(H,22,23). The van der Waals surface area contributed by atoms with Crippen LogP contribution in [-0.4, -0.2) is 52.1 Å². The number of aromatic nitrogens is 2. The van der Waals surface area contributed by atoms with Crippen LogP contribution < -0.4 is 0 Å². The van der Waals surface area contributed by atoms with Gasteiger partial charge in [-0.25, -0.2) is 0 Å². The number of carbonyl (C=O) groups is 1. The van der Waals surface area contributed by atoms with Crippen molar-refractivity contribution in [1.82, 2.24) is 20.0 Å². The average Bonchev–Trinajstić information content (AvgIpc) is 2.88. The molecule has 0 radical (unpaired) electrons. The number of aryl methyl sites for hydroxylation is 1. The molecule has 0 unspecified atom stereocenters. The lowest BCUT2D eigenvalue weighted by Crippen LogP contribution is -2.35. The van der Waals surface area contributed by atoms with Crippen molar-refractivity contribution in [3.8, 4) is 0 Å². The molecule has 5 nitrogen and oxygen atoms in total. The van der Waals surface area contributed by atoms with Crippen molar-refractivity contribution in [2.75, 3.05) is 26.2 Å². The fourth-order valence-electron chi connectivity index (χ4n) is 3.13. The molecule has 140 valence electrons. The molecule has 0 spiro atoms. The van der Waals surface area contributed by atoms with Gasteiger partial charge in [-0.2, -0.15) is 18.3 Å². The zero-order chi connectivity index (χ0) is 18.7. The van der Waals surface area contributed by atoms with Crippen LogP contribution in [0, 0.1) is 6.92 Å². The van der Waals surface area contributed by atoms with E-state index < -0.39 is 11.7 Å². The van der Waals surface area contributed by atoms with Gasteiger partial charge in [0.2, 0.25) is 0 Å². The number of alkyl halides is 3. The summed E-state index contributed by atoms with van der Waals surface area (Å²) in [4.78, 5) is 16.5. The molecular weight excluding hydrogens is 345 g/mol.